The summed E-state index contributed by atoms with van der Waals surface area (Å²) < 4.78 is 17.3. The Morgan fingerprint density at radius 1 is 1.42 bits per heavy atom. The predicted octanol–water partition coefficient (Wildman–Crippen LogP) is 2.93. The van der Waals surface area contributed by atoms with Crippen molar-refractivity contribution < 1.29 is 9.18 Å². The molecule has 1 unspecified atom stereocenters. The maximum atomic E-state index is 14.3. The first-order chi connectivity index (χ1) is 11.4. The van der Waals surface area contributed by atoms with Crippen LogP contribution < -0.4 is 5.32 Å². The fraction of sp³-hybridized carbons (Fsp3) is 0.312. The maximum Gasteiger partial charge on any atom is 0.274 e. The van der Waals surface area contributed by atoms with Crippen molar-refractivity contribution in [1.82, 2.24) is 24.5 Å². The summed E-state index contributed by atoms with van der Waals surface area (Å²) in [5.74, 6) is -1.30. The van der Waals surface area contributed by atoms with Crippen LogP contribution in [-0.4, -0.2) is 31.6 Å². The van der Waals surface area contributed by atoms with Gasteiger partial charge in [0.15, 0.2) is 5.69 Å². The lowest BCUT2D eigenvalue weighted by atomic mass is 10.3. The number of carbonyl (C=O) groups is 1. The van der Waals surface area contributed by atoms with Gasteiger partial charge in [0.25, 0.3) is 5.91 Å². The maximum absolute atomic E-state index is 14.3. The number of rotatable bonds is 4. The first kappa shape index (κ1) is 16.4. The summed E-state index contributed by atoms with van der Waals surface area (Å²) in [7, 11) is 0. The molecular formula is C16H17ClFN5O. The fourth-order valence-electron chi connectivity index (χ4n) is 2.64. The highest BCUT2D eigenvalue weighted by Crippen LogP contribution is 2.16. The van der Waals surface area contributed by atoms with Gasteiger partial charge in [-0.25, -0.2) is 4.98 Å². The number of pyridine rings is 1. The van der Waals surface area contributed by atoms with Gasteiger partial charge in [0.2, 0.25) is 5.95 Å². The van der Waals surface area contributed by atoms with Gasteiger partial charge in [0.1, 0.15) is 5.65 Å². The monoisotopic (exact) mass is 349 g/mol. The highest BCUT2D eigenvalue weighted by Gasteiger charge is 2.20. The Bertz CT molecular complexity index is 917. The van der Waals surface area contributed by atoms with Crippen molar-refractivity contribution in [3.63, 3.8) is 0 Å². The lowest BCUT2D eigenvalue weighted by Gasteiger charge is -2.14. The van der Waals surface area contributed by atoms with Gasteiger partial charge < -0.3 is 5.32 Å². The quantitative estimate of drug-likeness (QED) is 0.787. The van der Waals surface area contributed by atoms with Gasteiger partial charge in [-0.2, -0.15) is 9.49 Å². The zero-order valence-corrected chi connectivity index (χ0v) is 14.3. The molecule has 3 aromatic rings. The summed E-state index contributed by atoms with van der Waals surface area (Å²) in [6, 6.07) is 5.05. The van der Waals surface area contributed by atoms with Gasteiger partial charge in [-0.3, -0.25) is 13.9 Å². The van der Waals surface area contributed by atoms with E-state index in [1.54, 1.807) is 12.1 Å². The molecule has 24 heavy (non-hydrogen) atoms. The third-order valence-corrected chi connectivity index (χ3v) is 3.98. The van der Waals surface area contributed by atoms with Gasteiger partial charge in [-0.1, -0.05) is 11.6 Å². The Morgan fingerprint density at radius 3 is 2.83 bits per heavy atom. The van der Waals surface area contributed by atoms with E-state index in [4.69, 9.17) is 11.6 Å². The lowest BCUT2D eigenvalue weighted by Crippen LogP contribution is -2.31. The molecule has 0 fully saturated rings. The van der Waals surface area contributed by atoms with E-state index >= 15 is 0 Å². The molecule has 0 spiro atoms. The SMILES string of the molecule is Cc1cc(C)n(C(C)CNC(=O)c2nc3ccc(Cl)cn3c2F)n1. The van der Waals surface area contributed by atoms with E-state index in [0.717, 1.165) is 15.8 Å². The van der Waals surface area contributed by atoms with E-state index < -0.39 is 11.9 Å². The lowest BCUT2D eigenvalue weighted by molar-refractivity contribution is 0.0938. The summed E-state index contributed by atoms with van der Waals surface area (Å²) in [6.07, 6.45) is 1.38. The second kappa shape index (κ2) is 6.24. The molecule has 0 bridgehead atoms. The third-order valence-electron chi connectivity index (χ3n) is 3.76. The summed E-state index contributed by atoms with van der Waals surface area (Å²) in [5, 5.41) is 7.45. The molecule has 0 radical (unpaired) electrons. The van der Waals surface area contributed by atoms with E-state index in [1.165, 1.54) is 6.20 Å². The molecule has 3 heterocycles. The largest absolute Gasteiger partial charge is 0.348 e. The summed E-state index contributed by atoms with van der Waals surface area (Å²) in [6.45, 7) is 6.10. The standard InChI is InChI=1S/C16H17ClFN5O/c1-9-6-10(2)23(21-9)11(3)7-19-16(24)14-15(18)22-8-12(17)4-5-13(22)20-14/h4-6,8,11H,7H2,1-3H3,(H,19,24). The minimum Gasteiger partial charge on any atom is -0.348 e. The van der Waals surface area contributed by atoms with Crippen LogP contribution in [0.5, 0.6) is 0 Å². The molecule has 3 aromatic heterocycles. The number of nitrogens with one attached hydrogen (secondary N) is 1. The van der Waals surface area contributed by atoms with Crippen molar-refractivity contribution >= 4 is 23.2 Å². The van der Waals surface area contributed by atoms with Gasteiger partial charge >= 0.3 is 0 Å². The topological polar surface area (TPSA) is 64.2 Å². The first-order valence-electron chi connectivity index (χ1n) is 7.51. The Balaban J connectivity index is 1.75. The number of aromatic nitrogens is 4. The number of amides is 1. The zero-order valence-electron chi connectivity index (χ0n) is 13.5. The predicted molar refractivity (Wildman–Crippen MR) is 88.9 cm³/mol. The van der Waals surface area contributed by atoms with Crippen LogP contribution in [0, 0.1) is 19.8 Å². The molecule has 0 saturated carbocycles. The number of aryl methyl sites for hydroxylation is 2. The van der Waals surface area contributed by atoms with Crippen LogP contribution in [0.2, 0.25) is 5.02 Å². The van der Waals surface area contributed by atoms with Crippen LogP contribution in [-0.2, 0) is 0 Å². The van der Waals surface area contributed by atoms with Crippen LogP contribution in [0.3, 0.4) is 0 Å². The summed E-state index contributed by atoms with van der Waals surface area (Å²) in [5.41, 5.74) is 1.99. The third kappa shape index (κ3) is 2.99. The van der Waals surface area contributed by atoms with Crippen LogP contribution >= 0.6 is 11.6 Å². The summed E-state index contributed by atoms with van der Waals surface area (Å²) >= 11 is 5.84. The molecule has 0 aliphatic rings. The van der Waals surface area contributed by atoms with Gasteiger partial charge in [-0.05, 0) is 39.0 Å². The molecule has 0 saturated heterocycles. The first-order valence-corrected chi connectivity index (χ1v) is 7.88. The smallest absolute Gasteiger partial charge is 0.274 e. The van der Waals surface area contributed by atoms with Crippen molar-refractivity contribution in [2.45, 2.75) is 26.8 Å². The molecule has 3 rings (SSSR count). The summed E-state index contributed by atoms with van der Waals surface area (Å²) in [4.78, 5) is 16.3. The second-order valence-electron chi connectivity index (χ2n) is 5.76. The molecule has 0 aliphatic heterocycles. The number of hydrogen-bond acceptors (Lipinski definition) is 3. The van der Waals surface area contributed by atoms with Gasteiger partial charge in [0.05, 0.1) is 16.8 Å². The Labute approximate surface area is 143 Å². The molecule has 1 amide bonds. The van der Waals surface area contributed by atoms with Crippen LogP contribution in [0.1, 0.15) is 34.8 Å². The number of hydrogen-bond donors (Lipinski definition) is 1. The van der Waals surface area contributed by atoms with E-state index in [9.17, 15) is 9.18 Å². The van der Waals surface area contributed by atoms with Crippen molar-refractivity contribution in [3.8, 4) is 0 Å². The van der Waals surface area contributed by atoms with Crippen molar-refractivity contribution in [1.29, 1.82) is 0 Å². The highest BCUT2D eigenvalue weighted by molar-refractivity contribution is 6.30. The molecule has 8 heteroatoms. The van der Waals surface area contributed by atoms with Gasteiger partial charge in [-0.15, -0.1) is 0 Å². The second-order valence-corrected chi connectivity index (χ2v) is 6.19. The minimum absolute atomic E-state index is 0.0582. The van der Waals surface area contributed by atoms with E-state index in [2.05, 4.69) is 15.4 Å². The van der Waals surface area contributed by atoms with Crippen molar-refractivity contribution in [3.05, 3.63) is 52.4 Å². The number of fused-ring (bicyclic) bond motifs is 1. The fourth-order valence-corrected chi connectivity index (χ4v) is 2.80. The zero-order chi connectivity index (χ0) is 17.4. The molecule has 1 atom stereocenters. The van der Waals surface area contributed by atoms with Crippen molar-refractivity contribution in [2.24, 2.45) is 0 Å². The minimum atomic E-state index is -0.733. The molecule has 126 valence electrons. The van der Waals surface area contributed by atoms with E-state index in [0.29, 0.717) is 17.2 Å². The van der Waals surface area contributed by atoms with Crippen molar-refractivity contribution in [2.75, 3.05) is 6.54 Å². The number of carbonyl (C=O) groups excluding carboxylic acids is 1. The normalized spacial score (nSPS) is 12.5. The Kier molecular flexibility index (Phi) is 4.28. The highest BCUT2D eigenvalue weighted by atomic mass is 35.5. The number of imidazole rings is 1. The average molecular weight is 350 g/mol. The molecular weight excluding hydrogens is 333 g/mol. The van der Waals surface area contributed by atoms with E-state index in [1.807, 2.05) is 31.5 Å². The molecule has 0 aliphatic carbocycles. The number of halogens is 2. The number of nitrogens with zero attached hydrogens (tertiary/aromatic N) is 4. The average Bonchev–Trinajstić information content (AvgIpc) is 3.04. The van der Waals surface area contributed by atoms with Crippen LogP contribution in [0.4, 0.5) is 4.39 Å². The molecule has 1 N–H and O–H groups in total. The molecule has 6 nitrogen and oxygen atoms in total. The van der Waals surface area contributed by atoms with E-state index in [-0.39, 0.29) is 11.7 Å². The Hall–Kier alpha value is -2.41. The van der Waals surface area contributed by atoms with Crippen LogP contribution in [0.25, 0.3) is 5.65 Å². The molecule has 0 aromatic carbocycles. The van der Waals surface area contributed by atoms with Gasteiger partial charge in [0, 0.05) is 18.4 Å². The Morgan fingerprint density at radius 2 is 2.17 bits per heavy atom. The van der Waals surface area contributed by atoms with Crippen LogP contribution in [0.15, 0.2) is 24.4 Å².